The SMILES string of the molecule is C=CC[C@H](CC(=O)N[C@@H](C)CCO)C(=O)O. The first-order chi connectivity index (χ1) is 7.51. The van der Waals surface area contributed by atoms with E-state index in [1.165, 1.54) is 6.08 Å². The summed E-state index contributed by atoms with van der Waals surface area (Å²) < 4.78 is 0. The smallest absolute Gasteiger partial charge is 0.307 e. The fourth-order valence-electron chi connectivity index (χ4n) is 1.30. The molecule has 0 fully saturated rings. The van der Waals surface area contributed by atoms with Crippen molar-refractivity contribution in [3.8, 4) is 0 Å². The van der Waals surface area contributed by atoms with Crippen LogP contribution in [-0.4, -0.2) is 34.7 Å². The molecule has 2 atom stereocenters. The number of hydrogen-bond acceptors (Lipinski definition) is 3. The van der Waals surface area contributed by atoms with Crippen molar-refractivity contribution in [2.24, 2.45) is 5.92 Å². The molecule has 0 rings (SSSR count). The maximum atomic E-state index is 11.4. The van der Waals surface area contributed by atoms with Gasteiger partial charge in [-0.3, -0.25) is 9.59 Å². The van der Waals surface area contributed by atoms with E-state index in [1.807, 2.05) is 0 Å². The third-order valence-electron chi connectivity index (χ3n) is 2.20. The quantitative estimate of drug-likeness (QED) is 0.530. The topological polar surface area (TPSA) is 86.6 Å². The first kappa shape index (κ1) is 14.6. The second kappa shape index (κ2) is 7.87. The molecule has 3 N–H and O–H groups in total. The van der Waals surface area contributed by atoms with Crippen molar-refractivity contribution in [3.63, 3.8) is 0 Å². The predicted octanol–water partition coefficient (Wildman–Crippen LogP) is 0.540. The molecule has 5 heteroatoms. The number of nitrogens with one attached hydrogen (secondary N) is 1. The van der Waals surface area contributed by atoms with Crippen molar-refractivity contribution < 1.29 is 19.8 Å². The van der Waals surface area contributed by atoms with Gasteiger partial charge in [-0.15, -0.1) is 6.58 Å². The van der Waals surface area contributed by atoms with Gasteiger partial charge in [0.25, 0.3) is 0 Å². The maximum Gasteiger partial charge on any atom is 0.307 e. The van der Waals surface area contributed by atoms with Gasteiger partial charge in [-0.05, 0) is 19.8 Å². The van der Waals surface area contributed by atoms with E-state index < -0.39 is 11.9 Å². The van der Waals surface area contributed by atoms with Crippen LogP contribution in [0.15, 0.2) is 12.7 Å². The Morgan fingerprint density at radius 1 is 1.50 bits per heavy atom. The number of aliphatic hydroxyl groups excluding tert-OH is 1. The molecule has 0 aromatic rings. The van der Waals surface area contributed by atoms with Gasteiger partial charge in [-0.2, -0.15) is 0 Å². The van der Waals surface area contributed by atoms with Crippen LogP contribution in [0.4, 0.5) is 0 Å². The van der Waals surface area contributed by atoms with Crippen LogP contribution in [-0.2, 0) is 9.59 Å². The number of allylic oxidation sites excluding steroid dienone is 1. The molecular formula is C11H19NO4. The Morgan fingerprint density at radius 2 is 2.12 bits per heavy atom. The highest BCUT2D eigenvalue weighted by atomic mass is 16.4. The van der Waals surface area contributed by atoms with Gasteiger partial charge in [0.15, 0.2) is 0 Å². The predicted molar refractivity (Wildman–Crippen MR) is 59.9 cm³/mol. The number of aliphatic carboxylic acids is 1. The van der Waals surface area contributed by atoms with Crippen LogP contribution in [0.5, 0.6) is 0 Å². The van der Waals surface area contributed by atoms with E-state index in [0.29, 0.717) is 6.42 Å². The fourth-order valence-corrected chi connectivity index (χ4v) is 1.30. The molecule has 0 saturated carbocycles. The van der Waals surface area contributed by atoms with Crippen molar-refractivity contribution >= 4 is 11.9 Å². The average molecular weight is 229 g/mol. The lowest BCUT2D eigenvalue weighted by atomic mass is 10.0. The minimum atomic E-state index is -0.995. The largest absolute Gasteiger partial charge is 0.481 e. The zero-order valence-corrected chi connectivity index (χ0v) is 9.48. The van der Waals surface area contributed by atoms with Crippen LogP contribution >= 0.6 is 0 Å². The molecular weight excluding hydrogens is 210 g/mol. The number of rotatable bonds is 8. The van der Waals surface area contributed by atoms with E-state index in [2.05, 4.69) is 11.9 Å². The van der Waals surface area contributed by atoms with Gasteiger partial charge < -0.3 is 15.5 Å². The molecule has 0 aliphatic rings. The molecule has 0 unspecified atom stereocenters. The lowest BCUT2D eigenvalue weighted by molar-refractivity contribution is -0.144. The molecule has 1 amide bonds. The van der Waals surface area contributed by atoms with Gasteiger partial charge in [-0.25, -0.2) is 0 Å². The first-order valence-electron chi connectivity index (χ1n) is 5.25. The standard InChI is InChI=1S/C11H19NO4/c1-3-4-9(11(15)16)7-10(14)12-8(2)5-6-13/h3,8-9,13H,1,4-7H2,2H3,(H,12,14)(H,15,16)/t8-,9+/m0/s1. The lowest BCUT2D eigenvalue weighted by Gasteiger charge is -2.14. The second-order valence-corrected chi connectivity index (χ2v) is 3.74. The van der Waals surface area contributed by atoms with Gasteiger partial charge in [0, 0.05) is 19.1 Å². The van der Waals surface area contributed by atoms with Crippen LogP contribution in [0.2, 0.25) is 0 Å². The summed E-state index contributed by atoms with van der Waals surface area (Å²) in [5.74, 6) is -2.03. The van der Waals surface area contributed by atoms with E-state index in [9.17, 15) is 9.59 Å². The highest BCUT2D eigenvalue weighted by Gasteiger charge is 2.20. The summed E-state index contributed by atoms with van der Waals surface area (Å²) in [4.78, 5) is 22.2. The monoisotopic (exact) mass is 229 g/mol. The molecule has 0 aromatic carbocycles. The third kappa shape index (κ3) is 6.19. The second-order valence-electron chi connectivity index (χ2n) is 3.74. The summed E-state index contributed by atoms with van der Waals surface area (Å²) in [5, 5.41) is 20.1. The average Bonchev–Trinajstić information content (AvgIpc) is 2.16. The van der Waals surface area contributed by atoms with Gasteiger partial charge >= 0.3 is 5.97 Å². The summed E-state index contributed by atoms with van der Waals surface area (Å²) in [6, 6.07) is -0.143. The third-order valence-corrected chi connectivity index (χ3v) is 2.20. The molecule has 92 valence electrons. The Morgan fingerprint density at radius 3 is 2.56 bits per heavy atom. The Hall–Kier alpha value is -1.36. The molecule has 0 radical (unpaired) electrons. The van der Waals surface area contributed by atoms with Gasteiger partial charge in [0.05, 0.1) is 5.92 Å². The molecule has 0 aliphatic heterocycles. The van der Waals surface area contributed by atoms with E-state index in [4.69, 9.17) is 10.2 Å². The zero-order chi connectivity index (χ0) is 12.6. The highest BCUT2D eigenvalue weighted by molar-refractivity contribution is 5.82. The lowest BCUT2D eigenvalue weighted by Crippen LogP contribution is -2.35. The van der Waals surface area contributed by atoms with E-state index in [1.54, 1.807) is 6.92 Å². The number of carbonyl (C=O) groups is 2. The Bertz CT molecular complexity index is 252. The molecule has 0 bridgehead atoms. The Kier molecular flexibility index (Phi) is 7.20. The summed E-state index contributed by atoms with van der Waals surface area (Å²) in [6.45, 7) is 5.21. The summed E-state index contributed by atoms with van der Waals surface area (Å²) in [6.07, 6.45) is 2.17. The van der Waals surface area contributed by atoms with E-state index in [-0.39, 0.29) is 31.4 Å². The number of aliphatic hydroxyl groups is 1. The van der Waals surface area contributed by atoms with Crippen LogP contribution in [0, 0.1) is 5.92 Å². The Labute approximate surface area is 95.2 Å². The zero-order valence-electron chi connectivity index (χ0n) is 9.48. The van der Waals surface area contributed by atoms with E-state index >= 15 is 0 Å². The van der Waals surface area contributed by atoms with Crippen molar-refractivity contribution in [2.45, 2.75) is 32.2 Å². The highest BCUT2D eigenvalue weighted by Crippen LogP contribution is 2.09. The number of carboxylic acids is 1. The number of carboxylic acid groups (broad SMARTS) is 1. The van der Waals surface area contributed by atoms with Crippen molar-refractivity contribution in [1.29, 1.82) is 0 Å². The van der Waals surface area contributed by atoms with Gasteiger partial charge in [-0.1, -0.05) is 6.08 Å². The molecule has 16 heavy (non-hydrogen) atoms. The number of carbonyl (C=O) groups excluding carboxylic acids is 1. The Balaban J connectivity index is 4.09. The molecule has 0 heterocycles. The van der Waals surface area contributed by atoms with Crippen molar-refractivity contribution in [3.05, 3.63) is 12.7 Å². The molecule has 0 aromatic heterocycles. The number of amides is 1. The fraction of sp³-hybridized carbons (Fsp3) is 0.636. The molecule has 5 nitrogen and oxygen atoms in total. The van der Waals surface area contributed by atoms with Gasteiger partial charge in [0.1, 0.15) is 0 Å². The normalized spacial score (nSPS) is 13.9. The summed E-state index contributed by atoms with van der Waals surface area (Å²) >= 11 is 0. The molecule has 0 spiro atoms. The van der Waals surface area contributed by atoms with Gasteiger partial charge in [0.2, 0.25) is 5.91 Å². The first-order valence-corrected chi connectivity index (χ1v) is 5.25. The summed E-state index contributed by atoms with van der Waals surface area (Å²) in [5.41, 5.74) is 0. The molecule has 0 aliphatic carbocycles. The van der Waals surface area contributed by atoms with Crippen molar-refractivity contribution in [1.82, 2.24) is 5.32 Å². The van der Waals surface area contributed by atoms with Crippen LogP contribution in [0.3, 0.4) is 0 Å². The van der Waals surface area contributed by atoms with Crippen LogP contribution in [0.1, 0.15) is 26.2 Å². The number of hydrogen-bond donors (Lipinski definition) is 3. The van der Waals surface area contributed by atoms with Crippen molar-refractivity contribution in [2.75, 3.05) is 6.61 Å². The minimum absolute atomic E-state index is 0.00351. The van der Waals surface area contributed by atoms with Crippen LogP contribution in [0.25, 0.3) is 0 Å². The van der Waals surface area contributed by atoms with E-state index in [0.717, 1.165) is 0 Å². The minimum Gasteiger partial charge on any atom is -0.481 e. The maximum absolute atomic E-state index is 11.4. The summed E-state index contributed by atoms with van der Waals surface area (Å²) in [7, 11) is 0. The molecule has 0 saturated heterocycles. The van der Waals surface area contributed by atoms with Crippen LogP contribution < -0.4 is 5.32 Å².